The SMILES string of the molecule is CC(C)NC(=O)N(C)C[C@H]1Oc2c(NC(=O)C3CCOCC3)cccc2C(=O)N([C@@H](C)CO)C[C@@H]1C. The molecule has 3 atom stereocenters. The second kappa shape index (κ2) is 12.4. The molecule has 0 aromatic heterocycles. The first-order valence-electron chi connectivity index (χ1n) is 12.7. The molecule has 2 aliphatic heterocycles. The van der Waals surface area contributed by atoms with E-state index < -0.39 is 12.1 Å². The third-order valence-corrected chi connectivity index (χ3v) is 6.75. The van der Waals surface area contributed by atoms with Gasteiger partial charge >= 0.3 is 6.03 Å². The van der Waals surface area contributed by atoms with Crippen LogP contribution >= 0.6 is 0 Å². The molecule has 0 bridgehead atoms. The summed E-state index contributed by atoms with van der Waals surface area (Å²) in [5.74, 6) is -0.462. The fourth-order valence-corrected chi connectivity index (χ4v) is 4.46. The zero-order valence-electron chi connectivity index (χ0n) is 22.0. The van der Waals surface area contributed by atoms with Crippen molar-refractivity contribution in [1.29, 1.82) is 0 Å². The highest BCUT2D eigenvalue weighted by molar-refractivity contribution is 6.02. The molecule has 0 unspecified atom stereocenters. The van der Waals surface area contributed by atoms with Crippen molar-refractivity contribution in [2.24, 2.45) is 11.8 Å². The van der Waals surface area contributed by atoms with Crippen LogP contribution in [0.2, 0.25) is 0 Å². The smallest absolute Gasteiger partial charge is 0.317 e. The highest BCUT2D eigenvalue weighted by atomic mass is 16.5. The van der Waals surface area contributed by atoms with E-state index in [1.165, 1.54) is 0 Å². The first-order valence-corrected chi connectivity index (χ1v) is 12.7. The van der Waals surface area contributed by atoms with Crippen molar-refractivity contribution in [2.45, 2.75) is 58.7 Å². The van der Waals surface area contributed by atoms with E-state index in [1.54, 1.807) is 42.0 Å². The summed E-state index contributed by atoms with van der Waals surface area (Å²) in [5, 5.41) is 15.7. The molecule has 1 saturated heterocycles. The molecule has 3 N–H and O–H groups in total. The minimum atomic E-state index is -0.464. The predicted molar refractivity (Wildman–Crippen MR) is 136 cm³/mol. The van der Waals surface area contributed by atoms with Gasteiger partial charge in [0.05, 0.1) is 30.4 Å². The van der Waals surface area contributed by atoms with Gasteiger partial charge in [-0.25, -0.2) is 4.79 Å². The molecular formula is C26H40N4O6. The first kappa shape index (κ1) is 27.7. The summed E-state index contributed by atoms with van der Waals surface area (Å²) >= 11 is 0. The summed E-state index contributed by atoms with van der Waals surface area (Å²) in [6, 6.07) is 4.46. The minimum Gasteiger partial charge on any atom is -0.485 e. The van der Waals surface area contributed by atoms with E-state index in [4.69, 9.17) is 9.47 Å². The van der Waals surface area contributed by atoms with Crippen LogP contribution in [-0.4, -0.2) is 90.9 Å². The maximum atomic E-state index is 13.6. The summed E-state index contributed by atoms with van der Waals surface area (Å²) in [7, 11) is 1.70. The van der Waals surface area contributed by atoms with Gasteiger partial charge < -0.3 is 35.0 Å². The Bertz CT molecular complexity index is 933. The zero-order chi connectivity index (χ0) is 26.4. The number of nitrogens with zero attached hydrogens (tertiary/aromatic N) is 2. The maximum absolute atomic E-state index is 13.6. The molecule has 1 fully saturated rings. The van der Waals surface area contributed by atoms with Gasteiger partial charge in [0.25, 0.3) is 5.91 Å². The number of nitrogens with one attached hydrogen (secondary N) is 2. The van der Waals surface area contributed by atoms with Crippen LogP contribution in [0.3, 0.4) is 0 Å². The van der Waals surface area contributed by atoms with E-state index in [-0.39, 0.29) is 54.6 Å². The quantitative estimate of drug-likeness (QED) is 0.524. The molecule has 10 nitrogen and oxygen atoms in total. The number of aliphatic hydroxyl groups excluding tert-OH is 1. The number of ether oxygens (including phenoxy) is 2. The Labute approximate surface area is 213 Å². The lowest BCUT2D eigenvalue weighted by molar-refractivity contribution is -0.122. The van der Waals surface area contributed by atoms with Gasteiger partial charge in [-0.2, -0.15) is 0 Å². The molecule has 4 amide bonds. The van der Waals surface area contributed by atoms with Crippen LogP contribution in [-0.2, 0) is 9.53 Å². The van der Waals surface area contributed by atoms with Crippen LogP contribution in [0.25, 0.3) is 0 Å². The van der Waals surface area contributed by atoms with Crippen LogP contribution in [0.15, 0.2) is 18.2 Å². The zero-order valence-corrected chi connectivity index (χ0v) is 22.0. The first-order chi connectivity index (χ1) is 17.1. The molecule has 200 valence electrons. The van der Waals surface area contributed by atoms with Crippen molar-refractivity contribution in [3.63, 3.8) is 0 Å². The number of benzene rings is 1. The van der Waals surface area contributed by atoms with Crippen LogP contribution < -0.4 is 15.4 Å². The molecule has 0 saturated carbocycles. The Morgan fingerprint density at radius 3 is 2.56 bits per heavy atom. The molecule has 3 rings (SSSR count). The number of hydrogen-bond donors (Lipinski definition) is 3. The van der Waals surface area contributed by atoms with Crippen molar-refractivity contribution in [3.05, 3.63) is 23.8 Å². The molecule has 2 aliphatic rings. The van der Waals surface area contributed by atoms with Crippen molar-refractivity contribution in [3.8, 4) is 5.75 Å². The Balaban J connectivity index is 1.95. The lowest BCUT2D eigenvalue weighted by Crippen LogP contribution is -2.51. The normalized spacial score (nSPS) is 21.6. The molecular weight excluding hydrogens is 464 g/mol. The molecule has 0 radical (unpaired) electrons. The van der Waals surface area contributed by atoms with Gasteiger partial charge in [-0.05, 0) is 45.7 Å². The lowest BCUT2D eigenvalue weighted by Gasteiger charge is -2.38. The topological polar surface area (TPSA) is 120 Å². The van der Waals surface area contributed by atoms with Gasteiger partial charge in [0.15, 0.2) is 5.75 Å². The van der Waals surface area contributed by atoms with E-state index in [1.807, 2.05) is 20.8 Å². The number of carbonyl (C=O) groups is 3. The molecule has 1 aromatic carbocycles. The van der Waals surface area contributed by atoms with Gasteiger partial charge in [-0.15, -0.1) is 0 Å². The van der Waals surface area contributed by atoms with E-state index in [0.717, 1.165) is 0 Å². The van der Waals surface area contributed by atoms with Gasteiger partial charge in [-0.3, -0.25) is 9.59 Å². The van der Waals surface area contributed by atoms with Crippen LogP contribution in [0.1, 0.15) is 50.9 Å². The van der Waals surface area contributed by atoms with E-state index >= 15 is 0 Å². The van der Waals surface area contributed by atoms with Crippen molar-refractivity contribution in [1.82, 2.24) is 15.1 Å². The van der Waals surface area contributed by atoms with Crippen molar-refractivity contribution in [2.75, 3.05) is 45.3 Å². The van der Waals surface area contributed by atoms with Crippen molar-refractivity contribution >= 4 is 23.5 Å². The Morgan fingerprint density at radius 2 is 1.92 bits per heavy atom. The number of hydrogen-bond acceptors (Lipinski definition) is 6. The van der Waals surface area contributed by atoms with E-state index in [9.17, 15) is 19.5 Å². The van der Waals surface area contributed by atoms with Crippen molar-refractivity contribution < 1.29 is 29.0 Å². The standard InChI is InChI=1S/C26H40N4O6/c1-16(2)27-26(34)29(5)14-22-17(3)13-30(18(4)15-31)25(33)20-7-6-8-21(23(20)36-22)28-24(32)19-9-11-35-12-10-19/h6-8,16-19,22,31H,9-15H2,1-5H3,(H,27,34)(H,28,32)/t17-,18-,22+/m0/s1. The Kier molecular flexibility index (Phi) is 9.56. The van der Waals surface area contributed by atoms with Gasteiger partial charge in [0.2, 0.25) is 5.91 Å². The summed E-state index contributed by atoms with van der Waals surface area (Å²) in [6.07, 6.45) is 0.810. The fourth-order valence-electron chi connectivity index (χ4n) is 4.46. The molecule has 0 spiro atoms. The molecule has 0 aliphatic carbocycles. The van der Waals surface area contributed by atoms with Crippen LogP contribution in [0.4, 0.5) is 10.5 Å². The lowest BCUT2D eigenvalue weighted by atomic mass is 9.98. The number of amides is 4. The molecule has 10 heteroatoms. The number of urea groups is 1. The van der Waals surface area contributed by atoms with E-state index in [2.05, 4.69) is 10.6 Å². The predicted octanol–water partition coefficient (Wildman–Crippen LogP) is 2.32. The second-order valence-electron chi connectivity index (χ2n) is 10.2. The molecule has 1 aromatic rings. The largest absolute Gasteiger partial charge is 0.485 e. The summed E-state index contributed by atoms with van der Waals surface area (Å²) in [4.78, 5) is 42.4. The number of likely N-dealkylation sites (N-methyl/N-ethyl adjacent to an activating group) is 1. The average molecular weight is 505 g/mol. The number of carbonyl (C=O) groups excluding carboxylic acids is 3. The molecule has 36 heavy (non-hydrogen) atoms. The average Bonchev–Trinajstić information content (AvgIpc) is 2.86. The summed E-state index contributed by atoms with van der Waals surface area (Å²) in [5.41, 5.74) is 0.730. The third-order valence-electron chi connectivity index (χ3n) is 6.75. The highest BCUT2D eigenvalue weighted by Crippen LogP contribution is 2.35. The number of para-hydroxylation sites is 1. The number of rotatable bonds is 7. The Morgan fingerprint density at radius 1 is 1.22 bits per heavy atom. The summed E-state index contributed by atoms with van der Waals surface area (Å²) < 4.78 is 11.8. The number of aliphatic hydroxyl groups is 1. The number of anilines is 1. The summed E-state index contributed by atoms with van der Waals surface area (Å²) in [6.45, 7) is 9.05. The Hall–Kier alpha value is -2.85. The van der Waals surface area contributed by atoms with Gasteiger partial charge in [0.1, 0.15) is 6.10 Å². The number of fused-ring (bicyclic) bond motifs is 1. The van der Waals surface area contributed by atoms with Gasteiger partial charge in [0, 0.05) is 44.7 Å². The van der Waals surface area contributed by atoms with Gasteiger partial charge in [-0.1, -0.05) is 13.0 Å². The molecule has 2 heterocycles. The third kappa shape index (κ3) is 6.67. The highest BCUT2D eigenvalue weighted by Gasteiger charge is 2.35. The van der Waals surface area contributed by atoms with Crippen LogP contribution in [0, 0.1) is 11.8 Å². The van der Waals surface area contributed by atoms with Crippen LogP contribution in [0.5, 0.6) is 5.75 Å². The van der Waals surface area contributed by atoms with E-state index in [0.29, 0.717) is 43.9 Å². The second-order valence-corrected chi connectivity index (χ2v) is 10.2. The monoisotopic (exact) mass is 504 g/mol. The fraction of sp³-hybridized carbons (Fsp3) is 0.654. The maximum Gasteiger partial charge on any atom is 0.317 e. The minimum absolute atomic E-state index is 0.0122.